The van der Waals surface area contributed by atoms with Gasteiger partial charge in [-0.3, -0.25) is 0 Å². The maximum atomic E-state index is 3.41. The van der Waals surface area contributed by atoms with Gasteiger partial charge in [-0.15, -0.1) is 0 Å². The summed E-state index contributed by atoms with van der Waals surface area (Å²) in [5.74, 6) is 0. The quantitative estimate of drug-likeness (QED) is 0.613. The predicted molar refractivity (Wildman–Crippen MR) is 53.2 cm³/mol. The Hall–Kier alpha value is -0.600. The standard InChI is InChI=1S/C10H18N2/c1-2-3-4-5-6-10-9-11-7-8-12-10/h3-6,10-12H,2,7-9H2,1H3. The Morgan fingerprint density at radius 3 is 2.92 bits per heavy atom. The van der Waals surface area contributed by atoms with Crippen molar-refractivity contribution in [1.29, 1.82) is 0 Å². The molecule has 1 heterocycles. The summed E-state index contributed by atoms with van der Waals surface area (Å²) in [4.78, 5) is 0. The molecule has 0 spiro atoms. The molecule has 2 nitrogen and oxygen atoms in total. The first kappa shape index (κ1) is 9.49. The van der Waals surface area contributed by atoms with Gasteiger partial charge in [-0.1, -0.05) is 31.2 Å². The van der Waals surface area contributed by atoms with Gasteiger partial charge in [0.1, 0.15) is 0 Å². The minimum absolute atomic E-state index is 0.514. The molecule has 1 aliphatic heterocycles. The lowest BCUT2D eigenvalue weighted by Crippen LogP contribution is -2.47. The molecule has 2 N–H and O–H groups in total. The first-order valence-electron chi connectivity index (χ1n) is 4.71. The van der Waals surface area contributed by atoms with E-state index >= 15 is 0 Å². The number of allylic oxidation sites excluding steroid dienone is 3. The van der Waals surface area contributed by atoms with E-state index in [1.54, 1.807) is 0 Å². The zero-order valence-corrected chi connectivity index (χ0v) is 7.72. The molecule has 1 saturated heterocycles. The molecule has 0 amide bonds. The lowest BCUT2D eigenvalue weighted by Gasteiger charge is -2.21. The lowest BCUT2D eigenvalue weighted by atomic mass is 10.2. The van der Waals surface area contributed by atoms with Crippen molar-refractivity contribution < 1.29 is 0 Å². The zero-order chi connectivity index (χ0) is 8.65. The molecular weight excluding hydrogens is 148 g/mol. The van der Waals surface area contributed by atoms with Gasteiger partial charge in [-0.2, -0.15) is 0 Å². The zero-order valence-electron chi connectivity index (χ0n) is 7.72. The van der Waals surface area contributed by atoms with Gasteiger partial charge in [0.05, 0.1) is 0 Å². The number of hydrogen-bond acceptors (Lipinski definition) is 2. The number of hydrogen-bond donors (Lipinski definition) is 2. The van der Waals surface area contributed by atoms with Gasteiger partial charge in [0, 0.05) is 25.7 Å². The molecule has 0 radical (unpaired) electrons. The van der Waals surface area contributed by atoms with Crippen molar-refractivity contribution in [3.8, 4) is 0 Å². The fourth-order valence-electron chi connectivity index (χ4n) is 1.22. The molecule has 68 valence electrons. The third-order valence-electron chi connectivity index (χ3n) is 1.90. The Morgan fingerprint density at radius 2 is 2.25 bits per heavy atom. The van der Waals surface area contributed by atoms with Gasteiger partial charge in [-0.05, 0) is 6.42 Å². The van der Waals surface area contributed by atoms with Crippen LogP contribution in [0.25, 0.3) is 0 Å². The predicted octanol–water partition coefficient (Wildman–Crippen LogP) is 1.07. The summed E-state index contributed by atoms with van der Waals surface area (Å²) >= 11 is 0. The highest BCUT2D eigenvalue weighted by atomic mass is 15.0. The molecular formula is C10H18N2. The molecule has 0 saturated carbocycles. The van der Waals surface area contributed by atoms with Crippen molar-refractivity contribution in [3.05, 3.63) is 24.3 Å². The van der Waals surface area contributed by atoms with Crippen LogP contribution in [0.2, 0.25) is 0 Å². The second-order valence-electron chi connectivity index (χ2n) is 2.99. The lowest BCUT2D eigenvalue weighted by molar-refractivity contribution is 0.471. The summed E-state index contributed by atoms with van der Waals surface area (Å²) in [5, 5.41) is 6.75. The van der Waals surface area contributed by atoms with E-state index in [-0.39, 0.29) is 0 Å². The molecule has 0 bridgehead atoms. The van der Waals surface area contributed by atoms with Gasteiger partial charge in [0.2, 0.25) is 0 Å². The molecule has 0 aromatic carbocycles. The Balaban J connectivity index is 2.19. The summed E-state index contributed by atoms with van der Waals surface area (Å²) in [6.07, 6.45) is 9.70. The number of nitrogens with one attached hydrogen (secondary N) is 2. The van der Waals surface area contributed by atoms with Crippen LogP contribution in [0.4, 0.5) is 0 Å². The second kappa shape index (κ2) is 5.98. The third kappa shape index (κ3) is 3.69. The number of rotatable bonds is 3. The van der Waals surface area contributed by atoms with E-state index in [0.29, 0.717) is 6.04 Å². The SMILES string of the molecule is CCC=CC=CC1CNCCN1. The third-order valence-corrected chi connectivity index (χ3v) is 1.90. The topological polar surface area (TPSA) is 24.1 Å². The summed E-state index contributed by atoms with van der Waals surface area (Å²) in [5.41, 5.74) is 0. The van der Waals surface area contributed by atoms with E-state index < -0.39 is 0 Å². The average molecular weight is 166 g/mol. The fraction of sp³-hybridized carbons (Fsp3) is 0.600. The summed E-state index contributed by atoms with van der Waals surface area (Å²) in [6, 6.07) is 0.514. The highest BCUT2D eigenvalue weighted by molar-refractivity contribution is 5.07. The van der Waals surface area contributed by atoms with Crippen molar-refractivity contribution >= 4 is 0 Å². The van der Waals surface area contributed by atoms with Gasteiger partial charge < -0.3 is 10.6 Å². The van der Waals surface area contributed by atoms with Crippen molar-refractivity contribution in [2.24, 2.45) is 0 Å². The Kier molecular flexibility index (Phi) is 4.73. The molecule has 1 fully saturated rings. The van der Waals surface area contributed by atoms with Gasteiger partial charge in [0.15, 0.2) is 0 Å². The minimum atomic E-state index is 0.514. The average Bonchev–Trinajstić information content (AvgIpc) is 2.14. The van der Waals surface area contributed by atoms with E-state index in [9.17, 15) is 0 Å². The van der Waals surface area contributed by atoms with Crippen LogP contribution < -0.4 is 10.6 Å². The van der Waals surface area contributed by atoms with E-state index in [1.165, 1.54) is 0 Å². The molecule has 1 rings (SSSR count). The van der Waals surface area contributed by atoms with Crippen LogP contribution >= 0.6 is 0 Å². The summed E-state index contributed by atoms with van der Waals surface area (Å²) < 4.78 is 0. The fourth-order valence-corrected chi connectivity index (χ4v) is 1.22. The highest BCUT2D eigenvalue weighted by Crippen LogP contribution is 1.90. The molecule has 2 heteroatoms. The van der Waals surface area contributed by atoms with E-state index in [0.717, 1.165) is 26.1 Å². The molecule has 0 aromatic rings. The number of piperazine rings is 1. The van der Waals surface area contributed by atoms with Crippen LogP contribution in [0.5, 0.6) is 0 Å². The first-order valence-corrected chi connectivity index (χ1v) is 4.71. The van der Waals surface area contributed by atoms with Crippen molar-refractivity contribution in [3.63, 3.8) is 0 Å². The van der Waals surface area contributed by atoms with E-state index in [2.05, 4.69) is 41.9 Å². The first-order chi connectivity index (χ1) is 5.93. The van der Waals surface area contributed by atoms with Crippen molar-refractivity contribution in [1.82, 2.24) is 10.6 Å². The largest absolute Gasteiger partial charge is 0.314 e. The maximum absolute atomic E-state index is 3.41. The van der Waals surface area contributed by atoms with Crippen LogP contribution in [0, 0.1) is 0 Å². The van der Waals surface area contributed by atoms with Crippen molar-refractivity contribution in [2.75, 3.05) is 19.6 Å². The molecule has 12 heavy (non-hydrogen) atoms. The van der Waals surface area contributed by atoms with Gasteiger partial charge in [-0.25, -0.2) is 0 Å². The molecule has 1 atom stereocenters. The second-order valence-corrected chi connectivity index (χ2v) is 2.99. The molecule has 0 aliphatic carbocycles. The van der Waals surface area contributed by atoms with Crippen LogP contribution in [0.15, 0.2) is 24.3 Å². The van der Waals surface area contributed by atoms with Crippen LogP contribution in [-0.2, 0) is 0 Å². The Bertz CT molecular complexity index is 155. The van der Waals surface area contributed by atoms with Crippen LogP contribution in [-0.4, -0.2) is 25.7 Å². The smallest absolute Gasteiger partial charge is 0.0379 e. The Morgan fingerprint density at radius 1 is 1.33 bits per heavy atom. The normalized spacial score (nSPS) is 25.6. The summed E-state index contributed by atoms with van der Waals surface area (Å²) in [7, 11) is 0. The van der Waals surface area contributed by atoms with Crippen LogP contribution in [0.3, 0.4) is 0 Å². The van der Waals surface area contributed by atoms with Gasteiger partial charge in [0.25, 0.3) is 0 Å². The Labute approximate surface area is 74.7 Å². The highest BCUT2D eigenvalue weighted by Gasteiger charge is 2.06. The molecule has 0 aromatic heterocycles. The molecule has 1 unspecified atom stereocenters. The maximum Gasteiger partial charge on any atom is 0.0379 e. The van der Waals surface area contributed by atoms with Crippen molar-refractivity contribution in [2.45, 2.75) is 19.4 Å². The molecule has 1 aliphatic rings. The van der Waals surface area contributed by atoms with Gasteiger partial charge >= 0.3 is 0 Å². The minimum Gasteiger partial charge on any atom is -0.314 e. The monoisotopic (exact) mass is 166 g/mol. The van der Waals surface area contributed by atoms with Crippen LogP contribution in [0.1, 0.15) is 13.3 Å². The van der Waals surface area contributed by atoms with E-state index in [1.807, 2.05) is 0 Å². The van der Waals surface area contributed by atoms with E-state index in [4.69, 9.17) is 0 Å². The summed E-state index contributed by atoms with van der Waals surface area (Å²) in [6.45, 7) is 5.36.